The number of nitrogens with zero attached hydrogens (tertiary/aromatic N) is 5. The number of amides is 2. The van der Waals surface area contributed by atoms with Crippen LogP contribution in [0.1, 0.15) is 51.9 Å². The molecule has 2 N–H and O–H groups in total. The van der Waals surface area contributed by atoms with Gasteiger partial charge in [-0.1, -0.05) is 6.42 Å². The minimum atomic E-state index is -0.953. The molecule has 0 bridgehead atoms. The Morgan fingerprint density at radius 3 is 2.54 bits per heavy atom. The average molecular weight is 519 g/mol. The Bertz CT molecular complexity index is 963. The zero-order valence-electron chi connectivity index (χ0n) is 21.5. The Balaban J connectivity index is 1.29. The van der Waals surface area contributed by atoms with E-state index in [0.29, 0.717) is 63.5 Å². The predicted octanol–water partition coefficient (Wildman–Crippen LogP) is 3.04. The van der Waals surface area contributed by atoms with Crippen molar-refractivity contribution in [2.45, 2.75) is 64.0 Å². The van der Waals surface area contributed by atoms with E-state index >= 15 is 0 Å². The molecule has 204 valence electrons. The molecule has 12 nitrogen and oxygen atoms in total. The number of hydrogen-bond acceptors (Lipinski definition) is 8. The molecule has 4 rings (SSSR count). The van der Waals surface area contributed by atoms with Gasteiger partial charge >= 0.3 is 11.8 Å². The van der Waals surface area contributed by atoms with Crippen LogP contribution in [-0.2, 0) is 4.79 Å². The van der Waals surface area contributed by atoms with Crippen LogP contribution in [0.15, 0.2) is 12.3 Å². The molecule has 2 amide bonds. The number of piperazine rings is 1. The molecule has 1 atom stereocenters. The highest BCUT2D eigenvalue weighted by Gasteiger charge is 2.35. The number of aromatic nitrogens is 1. The van der Waals surface area contributed by atoms with Crippen molar-refractivity contribution < 1.29 is 24.4 Å². The quantitative estimate of drug-likeness (QED) is 0.392. The van der Waals surface area contributed by atoms with Crippen LogP contribution in [0.25, 0.3) is 0 Å². The van der Waals surface area contributed by atoms with Crippen molar-refractivity contribution in [1.82, 2.24) is 19.7 Å². The van der Waals surface area contributed by atoms with Gasteiger partial charge in [-0.05, 0) is 58.5 Å². The average Bonchev–Trinajstić information content (AvgIpc) is 2.89. The number of carboxylic acid groups (broad SMARTS) is 1. The van der Waals surface area contributed by atoms with Crippen LogP contribution in [0, 0.1) is 16.0 Å². The van der Waals surface area contributed by atoms with Crippen LogP contribution < -0.4 is 10.1 Å². The molecule has 3 aliphatic rings. The molecular weight excluding hydrogens is 480 g/mol. The summed E-state index contributed by atoms with van der Waals surface area (Å²) in [6.45, 7) is 6.39. The number of nitro groups is 1. The van der Waals surface area contributed by atoms with Gasteiger partial charge < -0.3 is 25.0 Å². The Morgan fingerprint density at radius 1 is 1.16 bits per heavy atom. The molecule has 1 saturated carbocycles. The van der Waals surface area contributed by atoms with Gasteiger partial charge in [0.05, 0.1) is 4.92 Å². The Hall–Kier alpha value is -3.15. The number of ether oxygens (including phenoxy) is 1. The third-order valence-electron chi connectivity index (χ3n) is 7.78. The number of carbonyl (C=O) groups excluding carboxylic acids is 1. The molecule has 3 fully saturated rings. The molecule has 1 aromatic rings. The SMILES string of the molecule is CC1CN(C(=O)O)CCN1C(=O)C1CCC(Nc2cc(OCCN3CCCCC3)ncc2[N+](=O)[O-])CC1. The fraction of sp³-hybridized carbons (Fsp3) is 0.720. The number of carbonyl (C=O) groups is 2. The molecule has 0 radical (unpaired) electrons. The fourth-order valence-electron chi connectivity index (χ4n) is 5.63. The first kappa shape index (κ1) is 26.9. The summed E-state index contributed by atoms with van der Waals surface area (Å²) in [5.74, 6) is 0.330. The minimum absolute atomic E-state index is 0.00707. The highest BCUT2D eigenvalue weighted by atomic mass is 16.6. The maximum atomic E-state index is 13.1. The molecule has 3 heterocycles. The summed E-state index contributed by atoms with van der Waals surface area (Å²) in [4.78, 5) is 45.2. The normalized spacial score (nSPS) is 24.9. The molecule has 0 spiro atoms. The summed E-state index contributed by atoms with van der Waals surface area (Å²) in [5.41, 5.74) is 0.299. The van der Waals surface area contributed by atoms with E-state index in [1.807, 2.05) is 6.92 Å². The summed E-state index contributed by atoms with van der Waals surface area (Å²) in [6, 6.07) is 1.46. The van der Waals surface area contributed by atoms with E-state index < -0.39 is 11.0 Å². The Labute approximate surface area is 217 Å². The van der Waals surface area contributed by atoms with Gasteiger partial charge in [0, 0.05) is 50.2 Å². The van der Waals surface area contributed by atoms with Crippen molar-refractivity contribution in [1.29, 1.82) is 0 Å². The van der Waals surface area contributed by atoms with Crippen LogP contribution in [-0.4, -0.2) is 99.7 Å². The fourth-order valence-corrected chi connectivity index (χ4v) is 5.63. The standard InChI is InChI=1S/C25H38N6O6/c1-18-17-29(25(33)34)11-12-30(18)24(32)19-5-7-20(8-6-19)27-21-15-23(26-16-22(21)31(35)36)37-14-13-28-9-3-2-4-10-28/h15-16,18-20H,2-14,17H2,1H3,(H,26,27)(H,33,34). The molecule has 1 unspecified atom stereocenters. The van der Waals surface area contributed by atoms with E-state index in [9.17, 15) is 24.8 Å². The van der Waals surface area contributed by atoms with Gasteiger partial charge in [-0.25, -0.2) is 9.78 Å². The predicted molar refractivity (Wildman–Crippen MR) is 137 cm³/mol. The lowest BCUT2D eigenvalue weighted by molar-refractivity contribution is -0.384. The second-order valence-electron chi connectivity index (χ2n) is 10.3. The van der Waals surface area contributed by atoms with E-state index in [1.54, 1.807) is 11.0 Å². The van der Waals surface area contributed by atoms with E-state index in [-0.39, 0.29) is 29.6 Å². The summed E-state index contributed by atoms with van der Waals surface area (Å²) in [6.07, 6.45) is 6.76. The van der Waals surface area contributed by atoms with Crippen LogP contribution in [0.5, 0.6) is 5.88 Å². The second kappa shape index (κ2) is 12.4. The van der Waals surface area contributed by atoms with Gasteiger partial charge in [0.15, 0.2) is 0 Å². The Morgan fingerprint density at radius 2 is 1.89 bits per heavy atom. The van der Waals surface area contributed by atoms with Gasteiger partial charge in [0.1, 0.15) is 18.5 Å². The maximum Gasteiger partial charge on any atom is 0.407 e. The zero-order valence-corrected chi connectivity index (χ0v) is 21.5. The lowest BCUT2D eigenvalue weighted by atomic mass is 9.84. The first-order valence-corrected chi connectivity index (χ1v) is 13.4. The van der Waals surface area contributed by atoms with Crippen LogP contribution in [0.3, 0.4) is 0 Å². The smallest absolute Gasteiger partial charge is 0.407 e. The summed E-state index contributed by atoms with van der Waals surface area (Å²) in [7, 11) is 0. The second-order valence-corrected chi connectivity index (χ2v) is 10.3. The van der Waals surface area contributed by atoms with Gasteiger partial charge in [0.25, 0.3) is 0 Å². The van der Waals surface area contributed by atoms with Crippen molar-refractivity contribution in [3.8, 4) is 5.88 Å². The van der Waals surface area contributed by atoms with E-state index in [4.69, 9.17) is 4.74 Å². The van der Waals surface area contributed by atoms with Crippen molar-refractivity contribution in [3.63, 3.8) is 0 Å². The number of nitrogens with one attached hydrogen (secondary N) is 1. The lowest BCUT2D eigenvalue weighted by Crippen LogP contribution is -2.56. The first-order chi connectivity index (χ1) is 17.8. The summed E-state index contributed by atoms with van der Waals surface area (Å²) >= 11 is 0. The Kier molecular flexibility index (Phi) is 9.01. The first-order valence-electron chi connectivity index (χ1n) is 13.4. The highest BCUT2D eigenvalue weighted by Crippen LogP contribution is 2.33. The zero-order chi connectivity index (χ0) is 26.4. The molecule has 1 aliphatic carbocycles. The van der Waals surface area contributed by atoms with Crippen LogP contribution in [0.2, 0.25) is 0 Å². The maximum absolute atomic E-state index is 13.1. The van der Waals surface area contributed by atoms with Gasteiger partial charge in [0.2, 0.25) is 11.8 Å². The highest BCUT2D eigenvalue weighted by molar-refractivity contribution is 5.79. The van der Waals surface area contributed by atoms with Gasteiger partial charge in [-0.2, -0.15) is 0 Å². The molecule has 1 aromatic heterocycles. The van der Waals surface area contributed by atoms with Gasteiger partial charge in [-0.15, -0.1) is 0 Å². The largest absolute Gasteiger partial charge is 0.476 e. The number of rotatable bonds is 8. The molecular formula is C25H38N6O6. The lowest BCUT2D eigenvalue weighted by Gasteiger charge is -2.41. The van der Waals surface area contributed by atoms with Crippen molar-refractivity contribution in [2.24, 2.45) is 5.92 Å². The minimum Gasteiger partial charge on any atom is -0.476 e. The third-order valence-corrected chi connectivity index (χ3v) is 7.78. The molecule has 12 heteroatoms. The van der Waals surface area contributed by atoms with Crippen molar-refractivity contribution in [3.05, 3.63) is 22.4 Å². The van der Waals surface area contributed by atoms with Crippen molar-refractivity contribution in [2.75, 3.05) is 51.2 Å². The van der Waals surface area contributed by atoms with E-state index in [0.717, 1.165) is 19.6 Å². The number of likely N-dealkylation sites (tertiary alicyclic amines) is 1. The third kappa shape index (κ3) is 7.00. The molecule has 2 saturated heterocycles. The summed E-state index contributed by atoms with van der Waals surface area (Å²) in [5, 5.41) is 24.1. The van der Waals surface area contributed by atoms with Crippen LogP contribution in [0.4, 0.5) is 16.2 Å². The molecule has 37 heavy (non-hydrogen) atoms. The number of hydrogen-bond donors (Lipinski definition) is 2. The summed E-state index contributed by atoms with van der Waals surface area (Å²) < 4.78 is 5.82. The van der Waals surface area contributed by atoms with Crippen LogP contribution >= 0.6 is 0 Å². The van der Waals surface area contributed by atoms with E-state index in [1.165, 1.54) is 30.4 Å². The molecule has 2 aliphatic heterocycles. The van der Waals surface area contributed by atoms with Gasteiger partial charge in [-0.3, -0.25) is 19.8 Å². The van der Waals surface area contributed by atoms with Crippen molar-refractivity contribution >= 4 is 23.4 Å². The van der Waals surface area contributed by atoms with E-state index in [2.05, 4.69) is 15.2 Å². The topological polar surface area (TPSA) is 141 Å². The number of anilines is 1. The monoisotopic (exact) mass is 518 g/mol. The molecule has 0 aromatic carbocycles. The number of piperidine rings is 1. The number of pyridine rings is 1.